The number of alkyl halides is 3. The molecule has 1 aromatic heterocycles. The Hall–Kier alpha value is -0.820. The normalized spacial score (nSPS) is 17.3. The molecule has 1 saturated carbocycles. The molecule has 106 valence electrons. The Balaban J connectivity index is 2.08. The van der Waals surface area contributed by atoms with Crippen molar-refractivity contribution in [1.29, 1.82) is 0 Å². The van der Waals surface area contributed by atoms with Crippen molar-refractivity contribution in [3.05, 3.63) is 22.3 Å². The summed E-state index contributed by atoms with van der Waals surface area (Å²) >= 11 is 3.26. The Morgan fingerprint density at radius 2 is 2.21 bits per heavy atom. The van der Waals surface area contributed by atoms with Gasteiger partial charge < -0.3 is 10.1 Å². The zero-order valence-corrected chi connectivity index (χ0v) is 11.9. The van der Waals surface area contributed by atoms with Gasteiger partial charge in [0.1, 0.15) is 0 Å². The topological polar surface area (TPSA) is 34.1 Å². The first kappa shape index (κ1) is 14.6. The van der Waals surface area contributed by atoms with E-state index < -0.39 is 12.3 Å². The minimum atomic E-state index is -4.39. The summed E-state index contributed by atoms with van der Waals surface area (Å²) in [6.07, 6.45) is -2.62. The van der Waals surface area contributed by atoms with Gasteiger partial charge in [0.05, 0.1) is 0 Å². The van der Waals surface area contributed by atoms with E-state index in [0.29, 0.717) is 22.6 Å². The second-order valence-corrected chi connectivity index (χ2v) is 5.49. The molecular formula is C12H14BrF3N2O. The van der Waals surface area contributed by atoms with Gasteiger partial charge in [0, 0.05) is 28.8 Å². The van der Waals surface area contributed by atoms with Gasteiger partial charge in [-0.1, -0.05) is 0 Å². The van der Waals surface area contributed by atoms with Crippen molar-refractivity contribution in [1.82, 2.24) is 10.3 Å². The highest BCUT2D eigenvalue weighted by Crippen LogP contribution is 2.28. The molecule has 2 rings (SSSR count). The SMILES string of the molecule is CC(Oc1ncc(Br)cc1CNC1CC1)C(F)(F)F. The minimum Gasteiger partial charge on any atom is -0.465 e. The standard InChI is InChI=1S/C12H14BrF3N2O/c1-7(12(14,15)16)19-11-8(4-9(13)6-18-11)5-17-10-2-3-10/h4,6-7,10,17H,2-3,5H2,1H3. The molecule has 0 radical (unpaired) electrons. The van der Waals surface area contributed by atoms with Crippen molar-refractivity contribution in [3.8, 4) is 5.88 Å². The molecule has 1 N–H and O–H groups in total. The van der Waals surface area contributed by atoms with E-state index in [1.54, 1.807) is 6.07 Å². The van der Waals surface area contributed by atoms with Crippen molar-refractivity contribution in [2.45, 2.75) is 44.6 Å². The van der Waals surface area contributed by atoms with Crippen molar-refractivity contribution in [2.75, 3.05) is 0 Å². The summed E-state index contributed by atoms with van der Waals surface area (Å²) in [7, 11) is 0. The maximum absolute atomic E-state index is 12.5. The molecule has 3 nitrogen and oxygen atoms in total. The van der Waals surface area contributed by atoms with Crippen LogP contribution in [0, 0.1) is 0 Å². The van der Waals surface area contributed by atoms with Crippen LogP contribution in [0.25, 0.3) is 0 Å². The van der Waals surface area contributed by atoms with Gasteiger partial charge in [0.2, 0.25) is 5.88 Å². The third-order valence-electron chi connectivity index (χ3n) is 2.80. The smallest absolute Gasteiger partial charge is 0.425 e. The molecule has 0 bridgehead atoms. The van der Waals surface area contributed by atoms with Crippen LogP contribution in [-0.4, -0.2) is 23.3 Å². The minimum absolute atomic E-state index is 0.0289. The molecule has 1 fully saturated rings. The molecule has 1 aliphatic carbocycles. The van der Waals surface area contributed by atoms with Crippen LogP contribution in [0.3, 0.4) is 0 Å². The van der Waals surface area contributed by atoms with Crippen molar-refractivity contribution < 1.29 is 17.9 Å². The Bertz CT molecular complexity index is 449. The first-order valence-corrected chi connectivity index (χ1v) is 6.76. The van der Waals surface area contributed by atoms with Crippen LogP contribution in [0.4, 0.5) is 13.2 Å². The molecule has 7 heteroatoms. The summed E-state index contributed by atoms with van der Waals surface area (Å²) in [6, 6.07) is 2.19. The lowest BCUT2D eigenvalue weighted by molar-refractivity contribution is -0.190. The van der Waals surface area contributed by atoms with Crippen molar-refractivity contribution in [2.24, 2.45) is 0 Å². The molecule has 0 aliphatic heterocycles. The molecule has 1 heterocycles. The van der Waals surface area contributed by atoms with E-state index in [9.17, 15) is 13.2 Å². The van der Waals surface area contributed by atoms with Gasteiger partial charge in [-0.15, -0.1) is 0 Å². The Morgan fingerprint density at radius 1 is 1.53 bits per heavy atom. The first-order valence-electron chi connectivity index (χ1n) is 5.97. The average molecular weight is 339 g/mol. The van der Waals surface area contributed by atoms with Crippen LogP contribution in [0.1, 0.15) is 25.3 Å². The molecule has 1 atom stereocenters. The number of hydrogen-bond acceptors (Lipinski definition) is 3. The molecule has 1 aromatic rings. The van der Waals surface area contributed by atoms with Crippen LogP contribution in [-0.2, 0) is 6.54 Å². The Morgan fingerprint density at radius 3 is 2.79 bits per heavy atom. The van der Waals surface area contributed by atoms with Crippen LogP contribution in [0.5, 0.6) is 5.88 Å². The molecule has 1 aliphatic rings. The van der Waals surface area contributed by atoms with E-state index in [2.05, 4.69) is 26.2 Å². The van der Waals surface area contributed by atoms with E-state index >= 15 is 0 Å². The second kappa shape index (κ2) is 5.66. The van der Waals surface area contributed by atoms with E-state index in [1.807, 2.05) is 0 Å². The van der Waals surface area contributed by atoms with Gasteiger partial charge in [-0.3, -0.25) is 0 Å². The summed E-state index contributed by atoms with van der Waals surface area (Å²) in [5.41, 5.74) is 0.623. The zero-order chi connectivity index (χ0) is 14.0. The lowest BCUT2D eigenvalue weighted by Gasteiger charge is -2.19. The number of halogens is 4. The quantitative estimate of drug-likeness (QED) is 0.893. The van der Waals surface area contributed by atoms with Gasteiger partial charge in [0.15, 0.2) is 6.10 Å². The number of pyridine rings is 1. The predicted octanol–water partition coefficient (Wildman–Crippen LogP) is 3.43. The third-order valence-corrected chi connectivity index (χ3v) is 3.23. The Labute approximate surface area is 117 Å². The maximum atomic E-state index is 12.5. The number of nitrogens with zero attached hydrogens (tertiary/aromatic N) is 1. The highest BCUT2D eigenvalue weighted by molar-refractivity contribution is 9.10. The Kier molecular flexibility index (Phi) is 4.35. The van der Waals surface area contributed by atoms with Crippen molar-refractivity contribution in [3.63, 3.8) is 0 Å². The highest BCUT2D eigenvalue weighted by Gasteiger charge is 2.38. The monoisotopic (exact) mass is 338 g/mol. The van der Waals surface area contributed by atoms with E-state index in [1.165, 1.54) is 6.20 Å². The number of ether oxygens (including phenoxy) is 1. The number of hydrogen-bond donors (Lipinski definition) is 1. The van der Waals surface area contributed by atoms with Crippen molar-refractivity contribution >= 4 is 15.9 Å². The molecule has 19 heavy (non-hydrogen) atoms. The van der Waals surface area contributed by atoms with E-state index in [-0.39, 0.29) is 5.88 Å². The lowest BCUT2D eigenvalue weighted by Crippen LogP contribution is -2.32. The van der Waals surface area contributed by atoms with Crippen LogP contribution < -0.4 is 10.1 Å². The highest BCUT2D eigenvalue weighted by atomic mass is 79.9. The second-order valence-electron chi connectivity index (χ2n) is 4.57. The molecule has 0 amide bonds. The van der Waals surface area contributed by atoms with Gasteiger partial charge in [0.25, 0.3) is 0 Å². The number of nitrogens with one attached hydrogen (secondary N) is 1. The van der Waals surface area contributed by atoms with Gasteiger partial charge in [-0.05, 0) is 41.8 Å². The molecule has 1 unspecified atom stereocenters. The lowest BCUT2D eigenvalue weighted by atomic mass is 10.2. The van der Waals surface area contributed by atoms with Gasteiger partial charge >= 0.3 is 6.18 Å². The van der Waals surface area contributed by atoms with Crippen LogP contribution in [0.15, 0.2) is 16.7 Å². The maximum Gasteiger partial charge on any atom is 0.425 e. The predicted molar refractivity (Wildman–Crippen MR) is 67.9 cm³/mol. The largest absolute Gasteiger partial charge is 0.465 e. The van der Waals surface area contributed by atoms with Crippen LogP contribution >= 0.6 is 15.9 Å². The first-order chi connectivity index (χ1) is 8.86. The molecule has 0 spiro atoms. The van der Waals surface area contributed by atoms with Gasteiger partial charge in [-0.2, -0.15) is 13.2 Å². The average Bonchev–Trinajstić information content (AvgIpc) is 3.12. The summed E-state index contributed by atoms with van der Waals surface area (Å²) in [6.45, 7) is 1.43. The van der Waals surface area contributed by atoms with Crippen LogP contribution in [0.2, 0.25) is 0 Å². The summed E-state index contributed by atoms with van der Waals surface area (Å²) in [5, 5.41) is 3.23. The summed E-state index contributed by atoms with van der Waals surface area (Å²) in [4.78, 5) is 3.92. The zero-order valence-electron chi connectivity index (χ0n) is 10.3. The van der Waals surface area contributed by atoms with E-state index in [4.69, 9.17) is 4.74 Å². The fraction of sp³-hybridized carbons (Fsp3) is 0.583. The summed E-state index contributed by atoms with van der Waals surface area (Å²) in [5.74, 6) is 0.0289. The third kappa shape index (κ3) is 4.35. The molecule has 0 saturated heterocycles. The number of rotatable bonds is 5. The van der Waals surface area contributed by atoms with E-state index in [0.717, 1.165) is 19.8 Å². The number of aromatic nitrogens is 1. The van der Waals surface area contributed by atoms with Gasteiger partial charge in [-0.25, -0.2) is 4.98 Å². The fourth-order valence-electron chi connectivity index (χ4n) is 1.48. The molecular weight excluding hydrogens is 325 g/mol. The summed E-state index contributed by atoms with van der Waals surface area (Å²) < 4.78 is 43.1. The fourth-order valence-corrected chi connectivity index (χ4v) is 1.86. The molecule has 0 aromatic carbocycles.